The molecule has 15 nitrogen and oxygen atoms in total. The van der Waals surface area contributed by atoms with Crippen molar-refractivity contribution >= 4 is 37.5 Å². The van der Waals surface area contributed by atoms with Gasteiger partial charge in [-0.15, -0.1) is 0 Å². The molecular formula is C32H34N4O11S2. The minimum absolute atomic E-state index is 0.0904. The maximum Gasteiger partial charge on any atom is 0.186 e. The van der Waals surface area contributed by atoms with Gasteiger partial charge in [0.1, 0.15) is 36.2 Å². The first-order chi connectivity index (χ1) is 23.2. The van der Waals surface area contributed by atoms with Crippen LogP contribution in [0.1, 0.15) is 54.3 Å². The summed E-state index contributed by atoms with van der Waals surface area (Å²) < 4.78 is 66.2. The molecule has 0 aromatic carbocycles. The zero-order valence-corrected chi connectivity index (χ0v) is 28.6. The van der Waals surface area contributed by atoms with Crippen molar-refractivity contribution in [1.29, 1.82) is 0 Å². The van der Waals surface area contributed by atoms with Gasteiger partial charge in [0.15, 0.2) is 43.8 Å². The summed E-state index contributed by atoms with van der Waals surface area (Å²) in [5.74, 6) is -1.28. The highest BCUT2D eigenvalue weighted by atomic mass is 32.2. The maximum absolute atomic E-state index is 11.9. The standard InChI is InChI=1S/C17H20N2O6S.C15H14N2O5S/c1-23-17(24-2)14-6-7-18-9-16(14)25-10-13-5-4-12(8-19-13)15(20)11-26(3,21)22;1-23(20,21)10-14(19)11-2-3-13(17-6-11)9-22-15-7-16-5-4-12(15)8-18/h4-9,17H,10-11H2,1-3H3;2-8H,9-10H2,1H3. The zero-order chi connectivity index (χ0) is 36.0. The highest BCUT2D eigenvalue weighted by Crippen LogP contribution is 2.27. The fourth-order valence-corrected chi connectivity index (χ4v) is 5.25. The molecule has 0 N–H and O–H groups in total. The molecule has 4 rings (SSSR count). The summed E-state index contributed by atoms with van der Waals surface area (Å²) >= 11 is 0. The van der Waals surface area contributed by atoms with E-state index in [9.17, 15) is 31.2 Å². The lowest BCUT2D eigenvalue weighted by atomic mass is 10.2. The van der Waals surface area contributed by atoms with Gasteiger partial charge in [-0.1, -0.05) is 0 Å². The molecular weight excluding hydrogens is 681 g/mol. The number of pyridine rings is 4. The largest absolute Gasteiger partial charge is 0.485 e. The van der Waals surface area contributed by atoms with Crippen LogP contribution in [0, 0.1) is 0 Å². The van der Waals surface area contributed by atoms with Crippen LogP contribution in [0.25, 0.3) is 0 Å². The molecule has 0 atom stereocenters. The van der Waals surface area contributed by atoms with Gasteiger partial charge in [-0.05, 0) is 36.4 Å². The van der Waals surface area contributed by atoms with Gasteiger partial charge >= 0.3 is 0 Å². The molecule has 0 bridgehead atoms. The summed E-state index contributed by atoms with van der Waals surface area (Å²) in [6.07, 6.45) is 10.8. The van der Waals surface area contributed by atoms with Crippen LogP contribution >= 0.6 is 0 Å². The fraction of sp³-hybridized carbons (Fsp3) is 0.281. The van der Waals surface area contributed by atoms with Gasteiger partial charge in [0.2, 0.25) is 0 Å². The number of Topliss-reactive ketones (excluding diaryl/α,β-unsaturated/α-hetero) is 2. The Balaban J connectivity index is 0.000000267. The van der Waals surface area contributed by atoms with Crippen LogP contribution in [0.2, 0.25) is 0 Å². The first-order valence-corrected chi connectivity index (χ1v) is 18.3. The number of aromatic nitrogens is 4. The first-order valence-electron chi connectivity index (χ1n) is 14.2. The zero-order valence-electron chi connectivity index (χ0n) is 27.0. The highest BCUT2D eigenvalue weighted by Gasteiger charge is 2.17. The molecule has 0 aliphatic heterocycles. The van der Waals surface area contributed by atoms with Crippen molar-refractivity contribution in [2.24, 2.45) is 0 Å². The normalized spacial score (nSPS) is 11.3. The summed E-state index contributed by atoms with van der Waals surface area (Å²) in [5, 5.41) is 0. The van der Waals surface area contributed by atoms with Gasteiger partial charge in [0.05, 0.1) is 34.9 Å². The minimum atomic E-state index is -3.38. The number of nitrogens with zero attached hydrogens (tertiary/aromatic N) is 4. The molecule has 0 spiro atoms. The van der Waals surface area contributed by atoms with Gasteiger partial charge in [-0.3, -0.25) is 34.3 Å². The van der Waals surface area contributed by atoms with E-state index in [1.807, 2.05) is 0 Å². The number of ether oxygens (including phenoxy) is 4. The molecule has 0 radical (unpaired) electrons. The second-order valence-corrected chi connectivity index (χ2v) is 14.7. The second kappa shape index (κ2) is 18.0. The Bertz CT molecular complexity index is 1950. The molecule has 4 aromatic heterocycles. The molecule has 49 heavy (non-hydrogen) atoms. The number of ketones is 2. The molecule has 0 aliphatic carbocycles. The van der Waals surface area contributed by atoms with Crippen molar-refractivity contribution in [3.8, 4) is 11.5 Å². The van der Waals surface area contributed by atoms with E-state index in [4.69, 9.17) is 18.9 Å². The molecule has 0 aliphatic rings. The van der Waals surface area contributed by atoms with E-state index in [2.05, 4.69) is 19.9 Å². The van der Waals surface area contributed by atoms with Crippen LogP contribution in [-0.4, -0.2) is 92.9 Å². The molecule has 0 unspecified atom stereocenters. The van der Waals surface area contributed by atoms with Crippen LogP contribution in [0.15, 0.2) is 73.6 Å². The van der Waals surface area contributed by atoms with E-state index in [0.717, 1.165) is 12.5 Å². The topological polar surface area (TPSA) is 208 Å². The summed E-state index contributed by atoms with van der Waals surface area (Å²) in [7, 11) is -3.72. The number of rotatable bonds is 16. The number of aldehydes is 1. The van der Waals surface area contributed by atoms with E-state index >= 15 is 0 Å². The van der Waals surface area contributed by atoms with Gasteiger partial charge in [-0.2, -0.15) is 0 Å². The summed E-state index contributed by atoms with van der Waals surface area (Å²) in [6, 6.07) is 9.44. The van der Waals surface area contributed by atoms with E-state index in [0.29, 0.717) is 40.3 Å². The Morgan fingerprint density at radius 2 is 1.16 bits per heavy atom. The van der Waals surface area contributed by atoms with Crippen LogP contribution < -0.4 is 9.47 Å². The number of carbonyl (C=O) groups is 3. The van der Waals surface area contributed by atoms with Crippen molar-refractivity contribution < 1.29 is 50.2 Å². The number of sulfone groups is 2. The van der Waals surface area contributed by atoms with E-state index in [1.54, 1.807) is 30.6 Å². The Morgan fingerprint density at radius 1 is 0.694 bits per heavy atom. The van der Waals surface area contributed by atoms with Crippen molar-refractivity contribution in [2.75, 3.05) is 38.2 Å². The van der Waals surface area contributed by atoms with E-state index in [1.165, 1.54) is 57.2 Å². The van der Waals surface area contributed by atoms with Crippen molar-refractivity contribution in [3.63, 3.8) is 0 Å². The van der Waals surface area contributed by atoms with Gasteiger partial charge in [0, 0.05) is 62.6 Å². The minimum Gasteiger partial charge on any atom is -0.485 e. The number of carbonyl (C=O) groups excluding carboxylic acids is 3. The molecule has 0 saturated carbocycles. The molecule has 260 valence electrons. The lowest BCUT2D eigenvalue weighted by molar-refractivity contribution is -0.107. The Kier molecular flexibility index (Phi) is 14.1. The Morgan fingerprint density at radius 3 is 1.59 bits per heavy atom. The number of methoxy groups -OCH3 is 2. The Hall–Kier alpha value is -4.97. The quantitative estimate of drug-likeness (QED) is 0.0928. The van der Waals surface area contributed by atoms with E-state index in [-0.39, 0.29) is 24.3 Å². The fourth-order valence-electron chi connectivity index (χ4n) is 3.96. The smallest absolute Gasteiger partial charge is 0.186 e. The van der Waals surface area contributed by atoms with Gasteiger partial charge < -0.3 is 18.9 Å². The second-order valence-electron chi connectivity index (χ2n) is 10.4. The van der Waals surface area contributed by atoms with Crippen molar-refractivity contribution in [2.45, 2.75) is 19.5 Å². The van der Waals surface area contributed by atoms with E-state index < -0.39 is 49.0 Å². The number of hydrogen-bond acceptors (Lipinski definition) is 15. The monoisotopic (exact) mass is 714 g/mol. The lowest BCUT2D eigenvalue weighted by Crippen LogP contribution is -2.15. The first kappa shape index (κ1) is 38.5. The third kappa shape index (κ3) is 12.9. The average Bonchev–Trinajstić information content (AvgIpc) is 3.07. The van der Waals surface area contributed by atoms with Crippen LogP contribution in [-0.2, 0) is 42.4 Å². The highest BCUT2D eigenvalue weighted by molar-refractivity contribution is 7.91. The number of hydrogen-bond donors (Lipinski definition) is 0. The average molecular weight is 715 g/mol. The predicted octanol–water partition coefficient (Wildman–Crippen LogP) is 2.67. The third-order valence-electron chi connectivity index (χ3n) is 6.27. The third-order valence-corrected chi connectivity index (χ3v) is 7.85. The predicted molar refractivity (Wildman–Crippen MR) is 176 cm³/mol. The van der Waals surface area contributed by atoms with Gasteiger partial charge in [0.25, 0.3) is 0 Å². The Labute approximate surface area is 283 Å². The van der Waals surface area contributed by atoms with Gasteiger partial charge in [-0.25, -0.2) is 16.8 Å². The molecule has 17 heteroatoms. The molecule has 0 saturated heterocycles. The SMILES string of the molecule is COC(OC)c1ccncc1OCc1ccc(C(=O)CS(C)(=O)=O)cn1.CS(=O)(=O)CC(=O)c1ccc(COc2cnccc2C=O)nc1. The van der Waals surface area contributed by atoms with Crippen molar-refractivity contribution in [3.05, 3.63) is 107 Å². The molecule has 0 amide bonds. The molecule has 0 fully saturated rings. The lowest BCUT2D eigenvalue weighted by Gasteiger charge is -2.17. The van der Waals surface area contributed by atoms with Crippen LogP contribution in [0.3, 0.4) is 0 Å². The molecule has 4 aromatic rings. The summed E-state index contributed by atoms with van der Waals surface area (Å²) in [5.41, 5.74) is 2.61. The van der Waals surface area contributed by atoms with Crippen LogP contribution in [0.4, 0.5) is 0 Å². The van der Waals surface area contributed by atoms with Crippen LogP contribution in [0.5, 0.6) is 11.5 Å². The summed E-state index contributed by atoms with van der Waals surface area (Å²) in [6.45, 7) is 0.229. The maximum atomic E-state index is 11.9. The molecule has 4 heterocycles. The summed E-state index contributed by atoms with van der Waals surface area (Å²) in [4.78, 5) is 50.5. The van der Waals surface area contributed by atoms with Crippen molar-refractivity contribution in [1.82, 2.24) is 19.9 Å².